The molecular formula is C24H38N4O4S. The van der Waals surface area contributed by atoms with Crippen molar-refractivity contribution in [1.82, 2.24) is 19.1 Å². The summed E-state index contributed by atoms with van der Waals surface area (Å²) in [7, 11) is -3.68. The summed E-state index contributed by atoms with van der Waals surface area (Å²) >= 11 is 0. The van der Waals surface area contributed by atoms with Gasteiger partial charge in [0.25, 0.3) is 15.6 Å². The van der Waals surface area contributed by atoms with E-state index in [1.165, 1.54) is 36.3 Å². The molecule has 4 heterocycles. The van der Waals surface area contributed by atoms with Gasteiger partial charge in [-0.15, -0.1) is 0 Å². The van der Waals surface area contributed by atoms with Gasteiger partial charge in [-0.25, -0.2) is 8.42 Å². The van der Waals surface area contributed by atoms with E-state index in [4.69, 9.17) is 4.42 Å². The van der Waals surface area contributed by atoms with Crippen molar-refractivity contribution < 1.29 is 12.8 Å². The predicted octanol–water partition coefficient (Wildman–Crippen LogP) is 2.93. The number of nitrogens with zero attached hydrogens (tertiary/aromatic N) is 3. The molecule has 0 aliphatic carbocycles. The predicted molar refractivity (Wildman–Crippen MR) is 131 cm³/mol. The molecule has 0 atom stereocenters. The third kappa shape index (κ3) is 5.77. The van der Waals surface area contributed by atoms with Crippen molar-refractivity contribution in [1.29, 1.82) is 0 Å². The van der Waals surface area contributed by atoms with E-state index in [-0.39, 0.29) is 18.1 Å². The number of piperazine rings is 1. The first-order chi connectivity index (χ1) is 15.4. The standard InChI is InChI=1S/C23H34N4O4S.CH4/c1-3-19-17-20(18(2)24-23(19)28)21-7-8-22(31-21)32(29,30)27-15-13-26(14-16-27)12-6-11-25-9-4-5-10-25;/h7-8,17H,3-6,9-16H2,1-2H3,(H,24,28);1H4. The van der Waals surface area contributed by atoms with Gasteiger partial charge in [0.2, 0.25) is 5.09 Å². The second-order valence-electron chi connectivity index (χ2n) is 8.78. The first-order valence-electron chi connectivity index (χ1n) is 11.7. The van der Waals surface area contributed by atoms with Crippen LogP contribution in [-0.2, 0) is 16.4 Å². The van der Waals surface area contributed by atoms with E-state index in [9.17, 15) is 13.2 Å². The minimum atomic E-state index is -3.68. The van der Waals surface area contributed by atoms with Crippen LogP contribution in [0.25, 0.3) is 11.3 Å². The van der Waals surface area contributed by atoms with Crippen LogP contribution in [0.2, 0.25) is 0 Å². The van der Waals surface area contributed by atoms with Crippen molar-refractivity contribution >= 4 is 10.0 Å². The summed E-state index contributed by atoms with van der Waals surface area (Å²) in [6, 6.07) is 4.97. The summed E-state index contributed by atoms with van der Waals surface area (Å²) in [6.07, 6.45) is 4.35. The molecule has 1 N–H and O–H groups in total. The molecule has 2 aliphatic rings. The molecule has 0 spiro atoms. The second kappa shape index (κ2) is 11.0. The molecule has 2 aliphatic heterocycles. The lowest BCUT2D eigenvalue weighted by Crippen LogP contribution is -2.48. The van der Waals surface area contributed by atoms with Gasteiger partial charge < -0.3 is 19.2 Å². The van der Waals surface area contributed by atoms with Crippen LogP contribution in [-0.4, -0.2) is 79.9 Å². The molecule has 4 rings (SSSR count). The normalized spacial score (nSPS) is 18.5. The Morgan fingerprint density at radius 3 is 2.27 bits per heavy atom. The van der Waals surface area contributed by atoms with Crippen LogP contribution in [0.15, 0.2) is 32.5 Å². The summed E-state index contributed by atoms with van der Waals surface area (Å²) in [5.41, 5.74) is 1.90. The number of aromatic nitrogens is 1. The Hall–Kier alpha value is -1.94. The number of nitrogens with one attached hydrogen (secondary N) is 1. The first-order valence-corrected chi connectivity index (χ1v) is 13.1. The van der Waals surface area contributed by atoms with Crippen LogP contribution in [0.4, 0.5) is 0 Å². The van der Waals surface area contributed by atoms with Crippen molar-refractivity contribution in [3.05, 3.63) is 39.8 Å². The van der Waals surface area contributed by atoms with Crippen molar-refractivity contribution in [2.75, 3.05) is 52.4 Å². The average Bonchev–Trinajstić information content (AvgIpc) is 3.47. The fraction of sp³-hybridized carbons (Fsp3) is 0.625. The molecule has 8 nitrogen and oxygen atoms in total. The number of aryl methyl sites for hydroxylation is 2. The van der Waals surface area contributed by atoms with Crippen LogP contribution in [0.5, 0.6) is 0 Å². The van der Waals surface area contributed by atoms with Gasteiger partial charge >= 0.3 is 0 Å². The average molecular weight is 479 g/mol. The molecule has 2 aromatic rings. The van der Waals surface area contributed by atoms with Gasteiger partial charge in [-0.05, 0) is 77.0 Å². The summed E-state index contributed by atoms with van der Waals surface area (Å²) in [4.78, 5) is 19.7. The second-order valence-corrected chi connectivity index (χ2v) is 10.7. The Bertz CT molecular complexity index is 1080. The van der Waals surface area contributed by atoms with Gasteiger partial charge in [-0.1, -0.05) is 14.4 Å². The molecule has 0 bridgehead atoms. The van der Waals surface area contributed by atoms with Crippen LogP contribution in [0.1, 0.15) is 44.9 Å². The molecule has 2 fully saturated rings. The van der Waals surface area contributed by atoms with E-state index in [0.717, 1.165) is 32.6 Å². The number of hydrogen-bond acceptors (Lipinski definition) is 6. The van der Waals surface area contributed by atoms with Crippen LogP contribution in [0, 0.1) is 6.92 Å². The van der Waals surface area contributed by atoms with E-state index in [1.54, 1.807) is 19.1 Å². The van der Waals surface area contributed by atoms with Crippen molar-refractivity contribution in [2.24, 2.45) is 0 Å². The molecule has 0 aromatic carbocycles. The van der Waals surface area contributed by atoms with E-state index >= 15 is 0 Å². The summed E-state index contributed by atoms with van der Waals surface area (Å²) < 4.78 is 33.6. The lowest BCUT2D eigenvalue weighted by molar-refractivity contribution is 0.177. The minimum Gasteiger partial charge on any atom is -0.443 e. The Balaban J connectivity index is 0.00000306. The number of rotatable bonds is 8. The molecule has 9 heteroatoms. The Morgan fingerprint density at radius 2 is 1.64 bits per heavy atom. The number of H-pyrrole nitrogens is 1. The zero-order valence-corrected chi connectivity index (χ0v) is 19.9. The van der Waals surface area contributed by atoms with Crippen LogP contribution >= 0.6 is 0 Å². The Kier molecular flexibility index (Phi) is 8.55. The van der Waals surface area contributed by atoms with E-state index < -0.39 is 10.0 Å². The quantitative estimate of drug-likeness (QED) is 0.627. The van der Waals surface area contributed by atoms with Crippen molar-refractivity contribution in [3.63, 3.8) is 0 Å². The van der Waals surface area contributed by atoms with Gasteiger partial charge in [0.15, 0.2) is 0 Å². The Labute approximate surface area is 197 Å². The van der Waals surface area contributed by atoms with Gasteiger partial charge in [0, 0.05) is 43.0 Å². The summed E-state index contributed by atoms with van der Waals surface area (Å²) in [5, 5.41) is -0.0429. The van der Waals surface area contributed by atoms with Gasteiger partial charge in [-0.3, -0.25) is 4.79 Å². The SMILES string of the molecule is C.CCc1cc(-c2ccc(S(=O)(=O)N3CCN(CCCN4CCCC4)CC3)o2)c(C)[nH]c1=O. The van der Waals surface area contributed by atoms with Crippen molar-refractivity contribution in [2.45, 2.75) is 52.0 Å². The number of likely N-dealkylation sites (tertiary alicyclic amines) is 1. The molecule has 2 aromatic heterocycles. The molecule has 0 radical (unpaired) electrons. The number of sulfonamides is 1. The highest BCUT2D eigenvalue weighted by molar-refractivity contribution is 7.89. The van der Waals surface area contributed by atoms with E-state index in [0.29, 0.717) is 42.1 Å². The van der Waals surface area contributed by atoms with Gasteiger partial charge in [0.1, 0.15) is 5.76 Å². The highest BCUT2D eigenvalue weighted by Crippen LogP contribution is 2.28. The molecule has 0 unspecified atom stereocenters. The fourth-order valence-electron chi connectivity index (χ4n) is 4.63. The summed E-state index contributed by atoms with van der Waals surface area (Å²) in [5.74, 6) is 0.451. The third-order valence-electron chi connectivity index (χ3n) is 6.62. The lowest BCUT2D eigenvalue weighted by atomic mass is 10.1. The maximum atomic E-state index is 13.1. The maximum absolute atomic E-state index is 13.1. The third-order valence-corrected chi connectivity index (χ3v) is 8.39. The number of aromatic amines is 1. The van der Waals surface area contributed by atoms with Gasteiger partial charge in [0.05, 0.1) is 0 Å². The Morgan fingerprint density at radius 1 is 1.00 bits per heavy atom. The van der Waals surface area contributed by atoms with Gasteiger partial charge in [-0.2, -0.15) is 4.31 Å². The number of pyridine rings is 1. The van der Waals surface area contributed by atoms with E-state index in [2.05, 4.69) is 14.8 Å². The molecule has 0 saturated carbocycles. The van der Waals surface area contributed by atoms with Crippen LogP contribution in [0.3, 0.4) is 0 Å². The molecular weight excluding hydrogens is 440 g/mol. The number of hydrogen-bond donors (Lipinski definition) is 1. The highest BCUT2D eigenvalue weighted by Gasteiger charge is 2.31. The molecule has 2 saturated heterocycles. The monoisotopic (exact) mass is 478 g/mol. The topological polar surface area (TPSA) is 89.9 Å². The smallest absolute Gasteiger partial charge is 0.276 e. The lowest BCUT2D eigenvalue weighted by Gasteiger charge is -2.33. The largest absolute Gasteiger partial charge is 0.443 e. The zero-order chi connectivity index (χ0) is 22.7. The first kappa shape index (κ1) is 25.7. The summed E-state index contributed by atoms with van der Waals surface area (Å²) in [6.45, 7) is 10.7. The van der Waals surface area contributed by atoms with Crippen molar-refractivity contribution in [3.8, 4) is 11.3 Å². The zero-order valence-electron chi connectivity index (χ0n) is 19.1. The molecule has 0 amide bonds. The van der Waals surface area contributed by atoms with Crippen LogP contribution < -0.4 is 5.56 Å². The molecule has 184 valence electrons. The maximum Gasteiger partial charge on any atom is 0.276 e. The fourth-order valence-corrected chi connectivity index (χ4v) is 5.97. The number of furan rings is 1. The highest BCUT2D eigenvalue weighted by atomic mass is 32.2. The molecule has 33 heavy (non-hydrogen) atoms. The minimum absolute atomic E-state index is 0. The van der Waals surface area contributed by atoms with E-state index in [1.807, 2.05) is 6.92 Å².